The van der Waals surface area contributed by atoms with E-state index in [0.717, 1.165) is 15.7 Å². The van der Waals surface area contributed by atoms with Crippen molar-refractivity contribution in [2.45, 2.75) is 13.5 Å². The van der Waals surface area contributed by atoms with E-state index in [1.807, 2.05) is 43.3 Å². The van der Waals surface area contributed by atoms with E-state index in [9.17, 15) is 0 Å². The van der Waals surface area contributed by atoms with Crippen LogP contribution in [-0.2, 0) is 6.54 Å². The highest BCUT2D eigenvalue weighted by molar-refractivity contribution is 9.10. The third-order valence-corrected chi connectivity index (χ3v) is 4.24. The second-order valence-electron chi connectivity index (χ2n) is 4.18. The zero-order valence-corrected chi connectivity index (χ0v) is 14.0. The molecular weight excluding hydrogens is 361 g/mol. The standard InChI is InChI=1S/C15H14BrCl2NO/c1-2-20-15-6-4-11(8-14(15)18)19-9-10-3-5-12(16)13(17)7-10/h3-8,19H,2,9H2,1H3. The van der Waals surface area contributed by atoms with Gasteiger partial charge in [0, 0.05) is 16.7 Å². The maximum atomic E-state index is 6.14. The second-order valence-corrected chi connectivity index (χ2v) is 5.85. The maximum absolute atomic E-state index is 6.14. The van der Waals surface area contributed by atoms with E-state index in [1.54, 1.807) is 0 Å². The van der Waals surface area contributed by atoms with E-state index in [4.69, 9.17) is 27.9 Å². The molecule has 0 amide bonds. The Kier molecular flexibility index (Phi) is 5.58. The summed E-state index contributed by atoms with van der Waals surface area (Å²) >= 11 is 15.6. The molecule has 1 N–H and O–H groups in total. The summed E-state index contributed by atoms with van der Waals surface area (Å²) in [5.41, 5.74) is 2.04. The Morgan fingerprint density at radius 1 is 1.10 bits per heavy atom. The van der Waals surface area contributed by atoms with Gasteiger partial charge >= 0.3 is 0 Å². The molecule has 5 heteroatoms. The maximum Gasteiger partial charge on any atom is 0.138 e. The highest BCUT2D eigenvalue weighted by atomic mass is 79.9. The van der Waals surface area contributed by atoms with Crippen molar-refractivity contribution in [3.05, 3.63) is 56.5 Å². The van der Waals surface area contributed by atoms with Crippen molar-refractivity contribution in [3.8, 4) is 5.75 Å². The van der Waals surface area contributed by atoms with Crippen LogP contribution in [0, 0.1) is 0 Å². The molecular formula is C15H14BrCl2NO. The van der Waals surface area contributed by atoms with Crippen molar-refractivity contribution in [2.75, 3.05) is 11.9 Å². The Morgan fingerprint density at radius 2 is 1.90 bits per heavy atom. The molecule has 0 atom stereocenters. The van der Waals surface area contributed by atoms with Crippen LogP contribution in [0.5, 0.6) is 5.75 Å². The highest BCUT2D eigenvalue weighted by Gasteiger charge is 2.03. The molecule has 0 aromatic heterocycles. The van der Waals surface area contributed by atoms with Crippen LogP contribution in [-0.4, -0.2) is 6.61 Å². The topological polar surface area (TPSA) is 21.3 Å². The first-order chi connectivity index (χ1) is 9.60. The number of hydrogen-bond acceptors (Lipinski definition) is 2. The molecule has 0 aliphatic heterocycles. The molecule has 2 nitrogen and oxygen atoms in total. The van der Waals surface area contributed by atoms with E-state index in [-0.39, 0.29) is 0 Å². The Hall–Kier alpha value is -0.900. The van der Waals surface area contributed by atoms with Gasteiger partial charge in [-0.15, -0.1) is 0 Å². The van der Waals surface area contributed by atoms with Crippen molar-refractivity contribution in [1.29, 1.82) is 0 Å². The third kappa shape index (κ3) is 4.05. The predicted molar refractivity (Wildman–Crippen MR) is 89.1 cm³/mol. The molecule has 0 saturated carbocycles. The first-order valence-corrected chi connectivity index (χ1v) is 7.75. The van der Waals surface area contributed by atoms with Crippen LogP contribution < -0.4 is 10.1 Å². The molecule has 0 heterocycles. The summed E-state index contributed by atoms with van der Waals surface area (Å²) in [6, 6.07) is 11.5. The minimum Gasteiger partial charge on any atom is -0.492 e. The molecule has 0 radical (unpaired) electrons. The van der Waals surface area contributed by atoms with Crippen LogP contribution in [0.25, 0.3) is 0 Å². The van der Waals surface area contributed by atoms with Crippen LogP contribution >= 0.6 is 39.1 Å². The lowest BCUT2D eigenvalue weighted by Gasteiger charge is -2.10. The SMILES string of the molecule is CCOc1ccc(NCc2ccc(Br)c(Cl)c2)cc1Cl. The number of ether oxygens (including phenoxy) is 1. The monoisotopic (exact) mass is 373 g/mol. The lowest BCUT2D eigenvalue weighted by Crippen LogP contribution is -2.00. The van der Waals surface area contributed by atoms with Crippen molar-refractivity contribution >= 4 is 44.8 Å². The molecule has 2 rings (SSSR count). The summed E-state index contributed by atoms with van der Waals surface area (Å²) in [7, 11) is 0. The summed E-state index contributed by atoms with van der Waals surface area (Å²) < 4.78 is 6.30. The average Bonchev–Trinajstić information content (AvgIpc) is 2.43. The number of hydrogen-bond donors (Lipinski definition) is 1. The van der Waals surface area contributed by atoms with Gasteiger partial charge < -0.3 is 10.1 Å². The van der Waals surface area contributed by atoms with Gasteiger partial charge in [-0.3, -0.25) is 0 Å². The molecule has 0 unspecified atom stereocenters. The Labute approximate surface area is 137 Å². The summed E-state index contributed by atoms with van der Waals surface area (Å²) in [6.07, 6.45) is 0. The Balaban J connectivity index is 2.03. The summed E-state index contributed by atoms with van der Waals surface area (Å²) in [5, 5.41) is 4.61. The highest BCUT2D eigenvalue weighted by Crippen LogP contribution is 2.28. The molecule has 106 valence electrons. The van der Waals surface area contributed by atoms with Crippen LogP contribution in [0.15, 0.2) is 40.9 Å². The predicted octanol–water partition coefficient (Wildman–Crippen LogP) is 5.77. The smallest absolute Gasteiger partial charge is 0.138 e. The van der Waals surface area contributed by atoms with Gasteiger partial charge in [0.15, 0.2) is 0 Å². The zero-order valence-electron chi connectivity index (χ0n) is 10.9. The molecule has 0 aliphatic rings. The lowest BCUT2D eigenvalue weighted by atomic mass is 10.2. The Morgan fingerprint density at radius 3 is 2.55 bits per heavy atom. The van der Waals surface area contributed by atoms with E-state index in [1.165, 1.54) is 0 Å². The molecule has 0 spiro atoms. The van der Waals surface area contributed by atoms with Gasteiger partial charge in [-0.05, 0) is 58.7 Å². The largest absolute Gasteiger partial charge is 0.492 e. The molecule has 0 aliphatic carbocycles. The molecule has 2 aromatic rings. The minimum absolute atomic E-state index is 0.601. The molecule has 0 fully saturated rings. The number of anilines is 1. The van der Waals surface area contributed by atoms with Gasteiger partial charge in [-0.1, -0.05) is 29.3 Å². The third-order valence-electron chi connectivity index (χ3n) is 2.71. The fraction of sp³-hybridized carbons (Fsp3) is 0.200. The van der Waals surface area contributed by atoms with Gasteiger partial charge in [0.25, 0.3) is 0 Å². The number of rotatable bonds is 5. The van der Waals surface area contributed by atoms with Crippen molar-refractivity contribution in [1.82, 2.24) is 0 Å². The first kappa shape index (κ1) is 15.5. The fourth-order valence-corrected chi connectivity index (χ4v) is 2.42. The van der Waals surface area contributed by atoms with Gasteiger partial charge in [0.1, 0.15) is 5.75 Å². The minimum atomic E-state index is 0.601. The second kappa shape index (κ2) is 7.21. The molecule has 2 aromatic carbocycles. The molecule has 20 heavy (non-hydrogen) atoms. The first-order valence-electron chi connectivity index (χ1n) is 6.20. The summed E-state index contributed by atoms with van der Waals surface area (Å²) in [4.78, 5) is 0. The number of nitrogens with one attached hydrogen (secondary N) is 1. The van der Waals surface area contributed by atoms with Crippen molar-refractivity contribution in [2.24, 2.45) is 0 Å². The summed E-state index contributed by atoms with van der Waals surface area (Å²) in [6.45, 7) is 3.21. The van der Waals surface area contributed by atoms with Crippen LogP contribution in [0.3, 0.4) is 0 Å². The van der Waals surface area contributed by atoms with Gasteiger partial charge in [-0.2, -0.15) is 0 Å². The van der Waals surface area contributed by atoms with E-state index in [2.05, 4.69) is 21.2 Å². The average molecular weight is 375 g/mol. The van der Waals surface area contributed by atoms with Gasteiger partial charge in [-0.25, -0.2) is 0 Å². The van der Waals surface area contributed by atoms with Crippen molar-refractivity contribution in [3.63, 3.8) is 0 Å². The quantitative estimate of drug-likeness (QED) is 0.717. The van der Waals surface area contributed by atoms with E-state index >= 15 is 0 Å². The van der Waals surface area contributed by atoms with Crippen LogP contribution in [0.4, 0.5) is 5.69 Å². The normalized spacial score (nSPS) is 10.4. The van der Waals surface area contributed by atoms with E-state index in [0.29, 0.717) is 28.9 Å². The number of halogens is 3. The summed E-state index contributed by atoms with van der Waals surface area (Å²) in [5.74, 6) is 0.700. The lowest BCUT2D eigenvalue weighted by molar-refractivity contribution is 0.340. The zero-order chi connectivity index (χ0) is 14.5. The van der Waals surface area contributed by atoms with Crippen LogP contribution in [0.1, 0.15) is 12.5 Å². The fourth-order valence-electron chi connectivity index (χ4n) is 1.74. The Bertz CT molecular complexity index is 604. The number of benzene rings is 2. The molecule has 0 bridgehead atoms. The van der Waals surface area contributed by atoms with Gasteiger partial charge in [0.2, 0.25) is 0 Å². The van der Waals surface area contributed by atoms with Crippen LogP contribution in [0.2, 0.25) is 10.0 Å². The molecule has 0 saturated heterocycles. The van der Waals surface area contributed by atoms with Gasteiger partial charge in [0.05, 0.1) is 16.7 Å². The van der Waals surface area contributed by atoms with Crippen molar-refractivity contribution < 1.29 is 4.74 Å². The van der Waals surface area contributed by atoms with E-state index < -0.39 is 0 Å².